The van der Waals surface area contributed by atoms with E-state index in [4.69, 9.17) is 5.73 Å². The van der Waals surface area contributed by atoms with E-state index in [0.29, 0.717) is 17.5 Å². The number of hydrogen-bond donors (Lipinski definition) is 3. The quantitative estimate of drug-likeness (QED) is 0.776. The highest BCUT2D eigenvalue weighted by Gasteiger charge is 2.13. The molecule has 20 heavy (non-hydrogen) atoms. The number of nitrogens with one attached hydrogen (secondary N) is 1. The number of rotatable bonds is 5. The van der Waals surface area contributed by atoms with Crippen molar-refractivity contribution in [2.75, 3.05) is 17.7 Å². The molecule has 4 N–H and O–H groups in total. The van der Waals surface area contributed by atoms with Crippen LogP contribution in [0.15, 0.2) is 36.4 Å². The fourth-order valence-corrected chi connectivity index (χ4v) is 1.87. The fourth-order valence-electron chi connectivity index (χ4n) is 1.87. The lowest BCUT2D eigenvalue weighted by molar-refractivity contribution is 0.249. The van der Waals surface area contributed by atoms with Crippen LogP contribution < -0.4 is 11.1 Å². The Hall–Kier alpha value is -2.14. The summed E-state index contributed by atoms with van der Waals surface area (Å²) in [7, 11) is 0. The highest BCUT2D eigenvalue weighted by molar-refractivity contribution is 5.60. The summed E-state index contributed by atoms with van der Waals surface area (Å²) in [5, 5.41) is 12.6. The molecule has 5 heteroatoms. The molecule has 1 heterocycles. The van der Waals surface area contributed by atoms with Crippen molar-refractivity contribution in [3.63, 3.8) is 0 Å². The van der Waals surface area contributed by atoms with Crippen molar-refractivity contribution in [2.24, 2.45) is 5.92 Å². The summed E-state index contributed by atoms with van der Waals surface area (Å²) < 4.78 is 0. The van der Waals surface area contributed by atoms with Crippen LogP contribution in [-0.2, 0) is 0 Å². The number of nitrogens with two attached hydrogens (primary N) is 1. The molecule has 1 unspecified atom stereocenters. The fraction of sp³-hybridized carbons (Fsp3) is 0.333. The molecule has 0 aliphatic carbocycles. The first kappa shape index (κ1) is 14.3. The molecule has 106 valence electrons. The third kappa shape index (κ3) is 3.45. The van der Waals surface area contributed by atoms with Crippen LogP contribution >= 0.6 is 0 Å². The zero-order valence-corrected chi connectivity index (χ0v) is 11.7. The van der Waals surface area contributed by atoms with E-state index in [1.165, 1.54) is 0 Å². The van der Waals surface area contributed by atoms with E-state index in [-0.39, 0.29) is 18.6 Å². The minimum atomic E-state index is -0.0621. The van der Waals surface area contributed by atoms with Gasteiger partial charge in [-0.2, -0.15) is 0 Å². The number of nitrogens with zero attached hydrogens (tertiary/aromatic N) is 2. The first-order chi connectivity index (χ1) is 9.60. The lowest BCUT2D eigenvalue weighted by atomic mass is 10.1. The van der Waals surface area contributed by atoms with Crippen LogP contribution in [-0.4, -0.2) is 27.7 Å². The van der Waals surface area contributed by atoms with Crippen LogP contribution in [0.25, 0.3) is 11.4 Å². The van der Waals surface area contributed by atoms with Gasteiger partial charge in [0.05, 0.1) is 12.6 Å². The van der Waals surface area contributed by atoms with Gasteiger partial charge in [-0.1, -0.05) is 44.2 Å². The molecule has 0 saturated carbocycles. The highest BCUT2D eigenvalue weighted by atomic mass is 16.3. The van der Waals surface area contributed by atoms with Crippen molar-refractivity contribution in [3.05, 3.63) is 36.4 Å². The number of aliphatic hydroxyl groups is 1. The molecular weight excluding hydrogens is 252 g/mol. The van der Waals surface area contributed by atoms with Crippen molar-refractivity contribution in [2.45, 2.75) is 19.9 Å². The van der Waals surface area contributed by atoms with Crippen LogP contribution in [0.2, 0.25) is 0 Å². The summed E-state index contributed by atoms with van der Waals surface area (Å²) >= 11 is 0. The molecule has 0 radical (unpaired) electrons. The summed E-state index contributed by atoms with van der Waals surface area (Å²) in [6.07, 6.45) is 0. The van der Waals surface area contributed by atoms with Gasteiger partial charge < -0.3 is 16.2 Å². The summed E-state index contributed by atoms with van der Waals surface area (Å²) in [5.41, 5.74) is 6.75. The van der Waals surface area contributed by atoms with E-state index >= 15 is 0 Å². The van der Waals surface area contributed by atoms with Crippen molar-refractivity contribution in [1.29, 1.82) is 0 Å². The molecule has 0 spiro atoms. The van der Waals surface area contributed by atoms with Gasteiger partial charge in [0, 0.05) is 11.6 Å². The molecule has 5 nitrogen and oxygen atoms in total. The summed E-state index contributed by atoms with van der Waals surface area (Å²) in [5.74, 6) is 1.90. The lowest BCUT2D eigenvalue weighted by Crippen LogP contribution is -2.30. The first-order valence-electron chi connectivity index (χ1n) is 6.67. The average molecular weight is 272 g/mol. The van der Waals surface area contributed by atoms with E-state index in [9.17, 15) is 5.11 Å². The summed E-state index contributed by atoms with van der Waals surface area (Å²) in [6.45, 7) is 4.12. The van der Waals surface area contributed by atoms with Crippen molar-refractivity contribution < 1.29 is 5.11 Å². The third-order valence-electron chi connectivity index (χ3n) is 3.11. The highest BCUT2D eigenvalue weighted by Crippen LogP contribution is 2.19. The van der Waals surface area contributed by atoms with Crippen molar-refractivity contribution in [1.82, 2.24) is 9.97 Å². The van der Waals surface area contributed by atoms with Gasteiger partial charge in [-0.15, -0.1) is 0 Å². The molecule has 1 aromatic heterocycles. The van der Waals surface area contributed by atoms with E-state index in [1.54, 1.807) is 6.07 Å². The monoisotopic (exact) mass is 272 g/mol. The van der Waals surface area contributed by atoms with E-state index in [0.717, 1.165) is 5.56 Å². The minimum Gasteiger partial charge on any atom is -0.394 e. The van der Waals surface area contributed by atoms with Crippen LogP contribution in [0, 0.1) is 5.92 Å². The second-order valence-corrected chi connectivity index (χ2v) is 5.05. The van der Waals surface area contributed by atoms with Gasteiger partial charge in [-0.05, 0) is 5.92 Å². The van der Waals surface area contributed by atoms with Gasteiger partial charge in [0.2, 0.25) is 0 Å². The van der Waals surface area contributed by atoms with Crippen LogP contribution in [0.5, 0.6) is 0 Å². The topological polar surface area (TPSA) is 84.1 Å². The SMILES string of the molecule is CC(C)C(CO)Nc1cc(N)nc(-c2ccccc2)n1. The van der Waals surface area contributed by atoms with Crippen LogP contribution in [0.3, 0.4) is 0 Å². The second-order valence-electron chi connectivity index (χ2n) is 5.05. The molecule has 1 atom stereocenters. The maximum absolute atomic E-state index is 9.38. The normalized spacial score (nSPS) is 12.4. The number of aromatic nitrogens is 2. The number of benzene rings is 1. The number of anilines is 2. The predicted octanol–water partition coefficient (Wildman–Crippen LogP) is 2.15. The maximum Gasteiger partial charge on any atom is 0.163 e. The first-order valence-corrected chi connectivity index (χ1v) is 6.67. The van der Waals surface area contributed by atoms with E-state index in [1.807, 2.05) is 44.2 Å². The molecule has 0 fully saturated rings. The third-order valence-corrected chi connectivity index (χ3v) is 3.11. The van der Waals surface area contributed by atoms with E-state index in [2.05, 4.69) is 15.3 Å². The second kappa shape index (κ2) is 6.34. The predicted molar refractivity (Wildman–Crippen MR) is 81.2 cm³/mol. The molecule has 2 rings (SSSR count). The Kier molecular flexibility index (Phi) is 4.53. The number of hydrogen-bond acceptors (Lipinski definition) is 5. The lowest BCUT2D eigenvalue weighted by Gasteiger charge is -2.20. The molecule has 1 aromatic carbocycles. The van der Waals surface area contributed by atoms with Crippen molar-refractivity contribution >= 4 is 11.6 Å². The zero-order chi connectivity index (χ0) is 14.5. The number of aliphatic hydroxyl groups excluding tert-OH is 1. The maximum atomic E-state index is 9.38. The Balaban J connectivity index is 2.30. The molecule has 0 aliphatic heterocycles. The molecular formula is C15H20N4O. The standard InChI is InChI=1S/C15H20N4O/c1-10(2)12(9-20)17-14-8-13(16)18-15(19-14)11-6-4-3-5-7-11/h3-8,10,12,20H,9H2,1-2H3,(H3,16,17,18,19). The van der Waals surface area contributed by atoms with Gasteiger partial charge in [0.25, 0.3) is 0 Å². The zero-order valence-electron chi connectivity index (χ0n) is 11.7. The average Bonchev–Trinajstić information content (AvgIpc) is 2.45. The Labute approximate surface area is 118 Å². The van der Waals surface area contributed by atoms with Gasteiger partial charge in [0.1, 0.15) is 11.6 Å². The Morgan fingerprint density at radius 2 is 1.90 bits per heavy atom. The van der Waals surface area contributed by atoms with Crippen molar-refractivity contribution in [3.8, 4) is 11.4 Å². The van der Waals surface area contributed by atoms with Crippen LogP contribution in [0.4, 0.5) is 11.6 Å². The molecule has 0 aliphatic rings. The molecule has 0 bridgehead atoms. The van der Waals surface area contributed by atoms with E-state index < -0.39 is 0 Å². The summed E-state index contributed by atoms with van der Waals surface area (Å²) in [4.78, 5) is 8.71. The van der Waals surface area contributed by atoms with Gasteiger partial charge in [-0.25, -0.2) is 9.97 Å². The Morgan fingerprint density at radius 1 is 1.20 bits per heavy atom. The minimum absolute atomic E-state index is 0.0439. The van der Waals surface area contributed by atoms with Gasteiger partial charge in [-0.3, -0.25) is 0 Å². The molecule has 2 aromatic rings. The van der Waals surface area contributed by atoms with Gasteiger partial charge >= 0.3 is 0 Å². The Morgan fingerprint density at radius 3 is 2.50 bits per heavy atom. The summed E-state index contributed by atoms with van der Waals surface area (Å²) in [6, 6.07) is 11.3. The largest absolute Gasteiger partial charge is 0.394 e. The molecule has 0 saturated heterocycles. The smallest absolute Gasteiger partial charge is 0.163 e. The number of nitrogen functional groups attached to an aromatic ring is 1. The Bertz CT molecular complexity index is 557. The van der Waals surface area contributed by atoms with Gasteiger partial charge in [0.15, 0.2) is 5.82 Å². The molecule has 0 amide bonds. The van der Waals surface area contributed by atoms with Crippen LogP contribution in [0.1, 0.15) is 13.8 Å².